The van der Waals surface area contributed by atoms with Crippen LogP contribution in [0.5, 0.6) is 0 Å². The van der Waals surface area contributed by atoms with Crippen LogP contribution in [0.25, 0.3) is 0 Å². The first kappa shape index (κ1) is 15.8. The first-order valence-corrected chi connectivity index (χ1v) is 7.35. The van der Waals surface area contributed by atoms with Gasteiger partial charge in [0, 0.05) is 12.6 Å². The average molecular weight is 275 g/mol. The van der Waals surface area contributed by atoms with Crippen LogP contribution in [0.2, 0.25) is 0 Å². The molecule has 0 bridgehead atoms. The summed E-state index contributed by atoms with van der Waals surface area (Å²) in [6, 6.07) is 0.708. The van der Waals surface area contributed by atoms with Crippen LogP contribution in [0.1, 0.15) is 58.3 Å². The monoisotopic (exact) mass is 274 g/mol. The zero-order valence-corrected chi connectivity index (χ0v) is 12.2. The zero-order valence-electron chi connectivity index (χ0n) is 11.4. The standard InChI is InChI=1S/C14H26N2O.ClH/c1-2-3-6-9-15-14(17)13-10-11-7-4-5-8-12(11)16-13;/h11-13,16H,2-10H2,1H3,(H,15,17);1H. The number of carbonyl (C=O) groups is 1. The molecule has 0 radical (unpaired) electrons. The summed E-state index contributed by atoms with van der Waals surface area (Å²) >= 11 is 0. The normalized spacial score (nSPS) is 30.4. The summed E-state index contributed by atoms with van der Waals surface area (Å²) in [4.78, 5) is 12.0. The second kappa shape index (κ2) is 8.00. The van der Waals surface area contributed by atoms with E-state index < -0.39 is 0 Å². The Morgan fingerprint density at radius 1 is 1.28 bits per heavy atom. The van der Waals surface area contributed by atoms with Crippen LogP contribution in [-0.2, 0) is 4.79 Å². The van der Waals surface area contributed by atoms with Gasteiger partial charge in [0.1, 0.15) is 0 Å². The summed E-state index contributed by atoms with van der Waals surface area (Å²) in [7, 11) is 0. The van der Waals surface area contributed by atoms with Crippen molar-refractivity contribution >= 4 is 18.3 Å². The van der Waals surface area contributed by atoms with Gasteiger partial charge < -0.3 is 10.6 Å². The molecule has 2 N–H and O–H groups in total. The van der Waals surface area contributed by atoms with Gasteiger partial charge in [-0.05, 0) is 31.6 Å². The molecule has 0 aromatic heterocycles. The molecule has 1 heterocycles. The molecule has 1 amide bonds. The maximum absolute atomic E-state index is 12.0. The Hall–Kier alpha value is -0.280. The summed E-state index contributed by atoms with van der Waals surface area (Å²) in [6.45, 7) is 3.03. The molecule has 1 aliphatic carbocycles. The summed E-state index contributed by atoms with van der Waals surface area (Å²) in [5.41, 5.74) is 0. The summed E-state index contributed by atoms with van der Waals surface area (Å²) in [5, 5.41) is 6.59. The molecule has 1 saturated carbocycles. The van der Waals surface area contributed by atoms with E-state index in [0.29, 0.717) is 6.04 Å². The van der Waals surface area contributed by atoms with Crippen molar-refractivity contribution in [1.29, 1.82) is 0 Å². The van der Waals surface area contributed by atoms with Gasteiger partial charge in [-0.2, -0.15) is 0 Å². The number of amides is 1. The fourth-order valence-electron chi connectivity index (χ4n) is 3.23. The Kier molecular flexibility index (Phi) is 7.02. The summed E-state index contributed by atoms with van der Waals surface area (Å²) < 4.78 is 0. The predicted octanol–water partition coefficient (Wildman–Crippen LogP) is 2.64. The highest BCUT2D eigenvalue weighted by atomic mass is 35.5. The van der Waals surface area contributed by atoms with Crippen LogP contribution in [-0.4, -0.2) is 24.5 Å². The van der Waals surface area contributed by atoms with Gasteiger partial charge in [0.15, 0.2) is 0 Å². The van der Waals surface area contributed by atoms with Crippen molar-refractivity contribution in [2.75, 3.05) is 6.54 Å². The van der Waals surface area contributed by atoms with E-state index >= 15 is 0 Å². The molecule has 2 rings (SSSR count). The van der Waals surface area contributed by atoms with Crippen molar-refractivity contribution in [2.45, 2.75) is 70.4 Å². The van der Waals surface area contributed by atoms with Crippen LogP contribution in [0.15, 0.2) is 0 Å². The highest BCUT2D eigenvalue weighted by molar-refractivity contribution is 5.85. The lowest BCUT2D eigenvalue weighted by Crippen LogP contribution is -2.43. The van der Waals surface area contributed by atoms with Crippen molar-refractivity contribution in [3.05, 3.63) is 0 Å². The van der Waals surface area contributed by atoms with E-state index in [1.807, 2.05) is 0 Å². The van der Waals surface area contributed by atoms with Gasteiger partial charge >= 0.3 is 0 Å². The Morgan fingerprint density at radius 2 is 2.06 bits per heavy atom. The quantitative estimate of drug-likeness (QED) is 0.757. The van der Waals surface area contributed by atoms with Crippen LogP contribution in [0, 0.1) is 5.92 Å². The minimum Gasteiger partial charge on any atom is -0.355 e. The van der Waals surface area contributed by atoms with E-state index in [1.54, 1.807) is 0 Å². The molecule has 1 aliphatic heterocycles. The summed E-state index contributed by atoms with van der Waals surface area (Å²) in [6.07, 6.45) is 9.87. The minimum atomic E-state index is 0. The lowest BCUT2D eigenvalue weighted by Gasteiger charge is -2.24. The van der Waals surface area contributed by atoms with E-state index in [-0.39, 0.29) is 24.4 Å². The van der Waals surface area contributed by atoms with Crippen molar-refractivity contribution < 1.29 is 4.79 Å². The molecule has 2 fully saturated rings. The Balaban J connectivity index is 0.00000162. The van der Waals surface area contributed by atoms with Crippen LogP contribution in [0.3, 0.4) is 0 Å². The van der Waals surface area contributed by atoms with Crippen molar-refractivity contribution in [2.24, 2.45) is 5.92 Å². The molecular weight excluding hydrogens is 248 g/mol. The molecule has 3 unspecified atom stereocenters. The minimum absolute atomic E-state index is 0. The molecule has 106 valence electrons. The fraction of sp³-hybridized carbons (Fsp3) is 0.929. The van der Waals surface area contributed by atoms with E-state index in [2.05, 4.69) is 17.6 Å². The highest BCUT2D eigenvalue weighted by Crippen LogP contribution is 2.33. The third-order valence-corrected chi connectivity index (χ3v) is 4.26. The maximum Gasteiger partial charge on any atom is 0.237 e. The van der Waals surface area contributed by atoms with Crippen LogP contribution < -0.4 is 10.6 Å². The molecule has 3 atom stereocenters. The number of hydrogen-bond donors (Lipinski definition) is 2. The SMILES string of the molecule is CCCCCNC(=O)C1CC2CCCCC2N1.Cl. The number of nitrogens with one attached hydrogen (secondary N) is 2. The molecule has 0 aromatic carbocycles. The number of halogens is 1. The number of carbonyl (C=O) groups excluding carboxylic acids is 1. The van der Waals surface area contributed by atoms with Crippen LogP contribution >= 0.6 is 12.4 Å². The first-order valence-electron chi connectivity index (χ1n) is 7.35. The zero-order chi connectivity index (χ0) is 12.1. The molecule has 3 nitrogen and oxygen atoms in total. The average Bonchev–Trinajstić information content (AvgIpc) is 2.78. The van der Waals surface area contributed by atoms with Crippen molar-refractivity contribution in [3.8, 4) is 0 Å². The summed E-state index contributed by atoms with van der Waals surface area (Å²) in [5.74, 6) is 0.991. The maximum atomic E-state index is 12.0. The number of fused-ring (bicyclic) bond motifs is 1. The van der Waals surface area contributed by atoms with E-state index in [1.165, 1.54) is 38.5 Å². The molecule has 4 heteroatoms. The van der Waals surface area contributed by atoms with Gasteiger partial charge in [0.25, 0.3) is 0 Å². The lowest BCUT2D eigenvalue weighted by molar-refractivity contribution is -0.122. The number of unbranched alkanes of at least 4 members (excludes halogenated alkanes) is 2. The smallest absolute Gasteiger partial charge is 0.237 e. The van der Waals surface area contributed by atoms with Gasteiger partial charge in [0.2, 0.25) is 5.91 Å². The largest absolute Gasteiger partial charge is 0.355 e. The van der Waals surface area contributed by atoms with Gasteiger partial charge in [-0.3, -0.25) is 4.79 Å². The second-order valence-corrected chi connectivity index (χ2v) is 5.60. The first-order chi connectivity index (χ1) is 8.31. The molecular formula is C14H27ClN2O. The van der Waals surface area contributed by atoms with Gasteiger partial charge in [-0.15, -0.1) is 12.4 Å². The van der Waals surface area contributed by atoms with E-state index in [9.17, 15) is 4.79 Å². The fourth-order valence-corrected chi connectivity index (χ4v) is 3.23. The molecule has 18 heavy (non-hydrogen) atoms. The second-order valence-electron chi connectivity index (χ2n) is 5.60. The number of rotatable bonds is 5. The van der Waals surface area contributed by atoms with Gasteiger partial charge in [-0.25, -0.2) is 0 Å². The van der Waals surface area contributed by atoms with Crippen molar-refractivity contribution in [3.63, 3.8) is 0 Å². The number of hydrogen-bond acceptors (Lipinski definition) is 2. The van der Waals surface area contributed by atoms with Crippen LogP contribution in [0.4, 0.5) is 0 Å². The predicted molar refractivity (Wildman–Crippen MR) is 77.1 cm³/mol. The van der Waals surface area contributed by atoms with E-state index in [4.69, 9.17) is 0 Å². The highest BCUT2D eigenvalue weighted by Gasteiger charge is 2.37. The topological polar surface area (TPSA) is 41.1 Å². The lowest BCUT2D eigenvalue weighted by atomic mass is 9.85. The molecule has 0 spiro atoms. The Labute approximate surface area is 117 Å². The molecule has 2 aliphatic rings. The Morgan fingerprint density at radius 3 is 2.78 bits per heavy atom. The Bertz CT molecular complexity index is 246. The molecule has 0 aromatic rings. The van der Waals surface area contributed by atoms with Gasteiger partial charge in [0.05, 0.1) is 6.04 Å². The van der Waals surface area contributed by atoms with Crippen molar-refractivity contribution in [1.82, 2.24) is 10.6 Å². The van der Waals surface area contributed by atoms with Gasteiger partial charge in [-0.1, -0.05) is 32.6 Å². The molecule has 1 saturated heterocycles. The third kappa shape index (κ3) is 4.13. The third-order valence-electron chi connectivity index (χ3n) is 4.26. The van der Waals surface area contributed by atoms with E-state index in [0.717, 1.165) is 25.3 Å².